The molecule has 0 aliphatic carbocycles. The lowest BCUT2D eigenvalue weighted by Crippen LogP contribution is -1.88. The van der Waals surface area contributed by atoms with Gasteiger partial charge in [-0.2, -0.15) is 0 Å². The molecule has 0 fully saturated rings. The maximum absolute atomic E-state index is 4.46. The normalized spacial score (nSPS) is 9.80. The average molecular weight is 195 g/mol. The summed E-state index contributed by atoms with van der Waals surface area (Å²) in [6.45, 7) is 6.05. The number of benzene rings is 1. The van der Waals surface area contributed by atoms with Crippen molar-refractivity contribution in [3.63, 3.8) is 0 Å². The quantitative estimate of drug-likeness (QED) is 0.588. The molecule has 0 saturated carbocycles. The zero-order valence-corrected chi connectivity index (χ0v) is 9.26. The van der Waals surface area contributed by atoms with Gasteiger partial charge in [0, 0.05) is 17.1 Å². The van der Waals surface area contributed by atoms with Crippen LogP contribution in [0.25, 0.3) is 10.9 Å². The maximum Gasteiger partial charge on any atom is 0.0734 e. The van der Waals surface area contributed by atoms with Crippen LogP contribution in [0.15, 0.2) is 24.4 Å². The van der Waals surface area contributed by atoms with Gasteiger partial charge in [0.1, 0.15) is 0 Å². The van der Waals surface area contributed by atoms with E-state index in [4.69, 9.17) is 0 Å². The highest BCUT2D eigenvalue weighted by atomic mass is 14.7. The Labute approximate surface area is 90.2 Å². The Morgan fingerprint density at radius 3 is 2.73 bits per heavy atom. The van der Waals surface area contributed by atoms with Crippen LogP contribution in [0.4, 0.5) is 0 Å². The molecule has 2 rings (SSSR count). The summed E-state index contributed by atoms with van der Waals surface area (Å²) in [4.78, 5) is 4.46. The van der Waals surface area contributed by atoms with Gasteiger partial charge in [0.2, 0.25) is 0 Å². The molecule has 0 N–H and O–H groups in total. The molecule has 0 amide bonds. The van der Waals surface area contributed by atoms with Crippen molar-refractivity contribution in [2.75, 3.05) is 0 Å². The van der Waals surface area contributed by atoms with Crippen LogP contribution in [0, 0.1) is 25.7 Å². The number of aryl methyl sites for hydroxylation is 2. The summed E-state index contributed by atoms with van der Waals surface area (Å²) in [5.74, 6) is 5.91. The number of pyridine rings is 1. The van der Waals surface area contributed by atoms with Crippen LogP contribution >= 0.6 is 0 Å². The molecule has 0 bridgehead atoms. The summed E-state index contributed by atoms with van der Waals surface area (Å²) in [5, 5.41) is 1.17. The summed E-state index contributed by atoms with van der Waals surface area (Å²) in [6, 6.07) is 6.32. The van der Waals surface area contributed by atoms with Crippen molar-refractivity contribution < 1.29 is 0 Å². The Hall–Kier alpha value is -1.81. The van der Waals surface area contributed by atoms with Crippen LogP contribution in [0.2, 0.25) is 0 Å². The molecule has 0 aliphatic heterocycles. The molecule has 0 saturated heterocycles. The fourth-order valence-corrected chi connectivity index (χ4v) is 1.66. The highest BCUT2D eigenvalue weighted by Gasteiger charge is 2.01. The molecular weight excluding hydrogens is 182 g/mol. The molecule has 0 aliphatic rings. The minimum Gasteiger partial charge on any atom is -0.255 e. The highest BCUT2D eigenvalue weighted by Crippen LogP contribution is 2.19. The van der Waals surface area contributed by atoms with Crippen LogP contribution in [0.1, 0.15) is 23.6 Å². The average Bonchev–Trinajstić information content (AvgIpc) is 2.24. The summed E-state index contributed by atoms with van der Waals surface area (Å²) in [7, 11) is 0. The standard InChI is InChI=1S/C14H13N/c1-4-5-12-8-13-7-6-10(2)11(3)14(13)15-9-12/h6-9H,1-3H3. The molecular formula is C14H13N. The highest BCUT2D eigenvalue weighted by molar-refractivity contribution is 5.83. The van der Waals surface area contributed by atoms with Gasteiger partial charge in [-0.3, -0.25) is 4.98 Å². The van der Waals surface area contributed by atoms with Gasteiger partial charge in [0.25, 0.3) is 0 Å². The van der Waals surface area contributed by atoms with E-state index in [2.05, 4.69) is 48.9 Å². The largest absolute Gasteiger partial charge is 0.255 e. The number of fused-ring (bicyclic) bond motifs is 1. The molecule has 2 aromatic rings. The molecule has 1 heterocycles. The van der Waals surface area contributed by atoms with E-state index in [1.807, 2.05) is 13.1 Å². The van der Waals surface area contributed by atoms with Crippen molar-refractivity contribution in [3.8, 4) is 11.8 Å². The van der Waals surface area contributed by atoms with Crippen molar-refractivity contribution in [1.82, 2.24) is 4.98 Å². The van der Waals surface area contributed by atoms with Crippen LogP contribution in [-0.4, -0.2) is 4.98 Å². The molecule has 1 nitrogen and oxygen atoms in total. The van der Waals surface area contributed by atoms with E-state index in [-0.39, 0.29) is 0 Å². The Morgan fingerprint density at radius 1 is 1.20 bits per heavy atom. The molecule has 0 radical (unpaired) electrons. The molecule has 1 aromatic heterocycles. The first-order chi connectivity index (χ1) is 7.22. The van der Waals surface area contributed by atoms with Gasteiger partial charge in [-0.05, 0) is 38.0 Å². The van der Waals surface area contributed by atoms with E-state index in [0.29, 0.717) is 0 Å². The van der Waals surface area contributed by atoms with E-state index in [1.54, 1.807) is 0 Å². The van der Waals surface area contributed by atoms with Gasteiger partial charge in [0.15, 0.2) is 0 Å². The van der Waals surface area contributed by atoms with Gasteiger partial charge >= 0.3 is 0 Å². The minimum absolute atomic E-state index is 0.980. The van der Waals surface area contributed by atoms with Crippen molar-refractivity contribution in [2.24, 2.45) is 0 Å². The number of hydrogen-bond acceptors (Lipinski definition) is 1. The number of hydrogen-bond donors (Lipinski definition) is 0. The summed E-state index contributed by atoms with van der Waals surface area (Å²) < 4.78 is 0. The van der Waals surface area contributed by atoms with Gasteiger partial charge < -0.3 is 0 Å². The van der Waals surface area contributed by atoms with E-state index in [1.165, 1.54) is 16.5 Å². The lowest BCUT2D eigenvalue weighted by atomic mass is 10.0. The van der Waals surface area contributed by atoms with E-state index in [9.17, 15) is 0 Å². The molecule has 1 aromatic carbocycles. The second-order valence-corrected chi connectivity index (χ2v) is 3.68. The monoisotopic (exact) mass is 195 g/mol. The molecule has 0 spiro atoms. The smallest absolute Gasteiger partial charge is 0.0734 e. The number of nitrogens with zero attached hydrogens (tertiary/aromatic N) is 1. The number of aromatic nitrogens is 1. The van der Waals surface area contributed by atoms with Crippen LogP contribution in [0.5, 0.6) is 0 Å². The predicted molar refractivity (Wildman–Crippen MR) is 63.8 cm³/mol. The fourth-order valence-electron chi connectivity index (χ4n) is 1.66. The molecule has 74 valence electrons. The summed E-state index contributed by atoms with van der Waals surface area (Å²) in [5.41, 5.74) is 4.60. The molecule has 0 atom stereocenters. The van der Waals surface area contributed by atoms with Crippen molar-refractivity contribution in [1.29, 1.82) is 0 Å². The van der Waals surface area contributed by atoms with Crippen molar-refractivity contribution in [3.05, 3.63) is 41.1 Å². The first-order valence-electron chi connectivity index (χ1n) is 5.01. The number of rotatable bonds is 0. The first kappa shape index (κ1) is 9.73. The lowest BCUT2D eigenvalue weighted by molar-refractivity contribution is 1.31. The van der Waals surface area contributed by atoms with Crippen LogP contribution < -0.4 is 0 Å². The third-order valence-corrected chi connectivity index (χ3v) is 2.65. The van der Waals surface area contributed by atoms with Crippen LogP contribution in [-0.2, 0) is 0 Å². The second kappa shape index (κ2) is 3.74. The molecule has 15 heavy (non-hydrogen) atoms. The Bertz CT molecular complexity index is 571. The molecule has 0 unspecified atom stereocenters. The van der Waals surface area contributed by atoms with E-state index >= 15 is 0 Å². The summed E-state index contributed by atoms with van der Waals surface area (Å²) in [6.07, 6.45) is 1.84. The van der Waals surface area contributed by atoms with E-state index in [0.717, 1.165) is 11.1 Å². The van der Waals surface area contributed by atoms with Gasteiger partial charge in [0.05, 0.1) is 5.52 Å². The zero-order valence-electron chi connectivity index (χ0n) is 9.26. The predicted octanol–water partition coefficient (Wildman–Crippen LogP) is 3.22. The van der Waals surface area contributed by atoms with Crippen LogP contribution in [0.3, 0.4) is 0 Å². The molecule has 1 heteroatoms. The lowest BCUT2D eigenvalue weighted by Gasteiger charge is -2.04. The van der Waals surface area contributed by atoms with E-state index < -0.39 is 0 Å². The third-order valence-electron chi connectivity index (χ3n) is 2.65. The Balaban J connectivity index is 2.73. The Morgan fingerprint density at radius 2 is 2.00 bits per heavy atom. The first-order valence-corrected chi connectivity index (χ1v) is 5.01. The third kappa shape index (κ3) is 1.71. The topological polar surface area (TPSA) is 12.9 Å². The van der Waals surface area contributed by atoms with Crippen molar-refractivity contribution >= 4 is 10.9 Å². The maximum atomic E-state index is 4.46. The zero-order chi connectivity index (χ0) is 10.8. The second-order valence-electron chi connectivity index (χ2n) is 3.68. The minimum atomic E-state index is 0.980. The van der Waals surface area contributed by atoms with Gasteiger partial charge in [-0.25, -0.2) is 0 Å². The van der Waals surface area contributed by atoms with Gasteiger partial charge in [-0.1, -0.05) is 18.1 Å². The Kier molecular flexibility index (Phi) is 2.43. The SMILES string of the molecule is CC#Cc1cnc2c(C)c(C)ccc2c1. The van der Waals surface area contributed by atoms with Crippen molar-refractivity contribution in [2.45, 2.75) is 20.8 Å². The fraction of sp³-hybridized carbons (Fsp3) is 0.214. The van der Waals surface area contributed by atoms with Gasteiger partial charge in [-0.15, -0.1) is 5.92 Å². The summed E-state index contributed by atoms with van der Waals surface area (Å²) >= 11 is 0.